The topological polar surface area (TPSA) is 41.1 Å². The van der Waals surface area contributed by atoms with E-state index < -0.39 is 0 Å². The van der Waals surface area contributed by atoms with Crippen LogP contribution in [-0.2, 0) is 0 Å². The molecule has 0 aliphatic heterocycles. The molecule has 1 unspecified atom stereocenters. The minimum atomic E-state index is -0.172. The Morgan fingerprint density at radius 2 is 2.11 bits per heavy atom. The Hall–Kier alpha value is -1.42. The molecule has 0 aliphatic carbocycles. The van der Waals surface area contributed by atoms with E-state index in [1.807, 2.05) is 18.7 Å². The smallest absolute Gasteiger partial charge is 0.315 e. The first-order valence-corrected chi connectivity index (χ1v) is 7.04. The van der Waals surface area contributed by atoms with Crippen molar-refractivity contribution < 1.29 is 4.79 Å². The van der Waals surface area contributed by atoms with Gasteiger partial charge in [-0.3, -0.25) is 0 Å². The highest BCUT2D eigenvalue weighted by Crippen LogP contribution is 2.20. The van der Waals surface area contributed by atoms with Gasteiger partial charge in [-0.05, 0) is 30.4 Å². The zero-order valence-corrected chi connectivity index (χ0v) is 11.7. The minimum Gasteiger partial charge on any atom is -0.335 e. The maximum absolute atomic E-state index is 11.5. The lowest BCUT2D eigenvalue weighted by molar-refractivity contribution is 0.239. The van der Waals surface area contributed by atoms with E-state index in [0.29, 0.717) is 6.54 Å². The highest BCUT2D eigenvalue weighted by molar-refractivity contribution is 7.99. The van der Waals surface area contributed by atoms with Crippen LogP contribution in [0.2, 0.25) is 0 Å². The zero-order valence-electron chi connectivity index (χ0n) is 10.9. The Morgan fingerprint density at radius 1 is 1.44 bits per heavy atom. The Labute approximate surface area is 113 Å². The van der Waals surface area contributed by atoms with Crippen LogP contribution >= 0.6 is 11.8 Å². The molecular weight excluding hydrogens is 244 g/mol. The van der Waals surface area contributed by atoms with Crippen LogP contribution in [0.15, 0.2) is 41.8 Å². The molecule has 0 spiro atoms. The van der Waals surface area contributed by atoms with E-state index in [1.54, 1.807) is 6.08 Å². The van der Waals surface area contributed by atoms with E-state index in [2.05, 4.69) is 48.4 Å². The molecule has 0 heterocycles. The Morgan fingerprint density at radius 3 is 2.67 bits per heavy atom. The maximum Gasteiger partial charge on any atom is 0.315 e. The van der Waals surface area contributed by atoms with E-state index in [4.69, 9.17) is 0 Å². The molecule has 1 aromatic carbocycles. The molecule has 2 amide bonds. The second kappa shape index (κ2) is 7.82. The Balaban J connectivity index is 2.52. The van der Waals surface area contributed by atoms with E-state index >= 15 is 0 Å². The quantitative estimate of drug-likeness (QED) is 0.611. The van der Waals surface area contributed by atoms with E-state index in [-0.39, 0.29) is 12.1 Å². The largest absolute Gasteiger partial charge is 0.335 e. The van der Waals surface area contributed by atoms with Crippen LogP contribution in [0.3, 0.4) is 0 Å². The van der Waals surface area contributed by atoms with Crippen LogP contribution in [0.4, 0.5) is 4.79 Å². The number of carbonyl (C=O) groups excluding carboxylic acids is 1. The van der Waals surface area contributed by atoms with Gasteiger partial charge in [-0.25, -0.2) is 4.79 Å². The third-order valence-corrected chi connectivity index (χ3v) is 3.34. The highest BCUT2D eigenvalue weighted by Gasteiger charge is 2.08. The van der Waals surface area contributed by atoms with Crippen LogP contribution in [0, 0.1) is 0 Å². The average Bonchev–Trinajstić information content (AvgIpc) is 2.37. The number of benzene rings is 1. The molecule has 3 nitrogen and oxygen atoms in total. The molecule has 1 rings (SSSR count). The van der Waals surface area contributed by atoms with Gasteiger partial charge < -0.3 is 10.6 Å². The summed E-state index contributed by atoms with van der Waals surface area (Å²) in [7, 11) is 0. The third-order valence-electron chi connectivity index (χ3n) is 2.45. The lowest BCUT2D eigenvalue weighted by Gasteiger charge is -2.15. The van der Waals surface area contributed by atoms with Gasteiger partial charge in [0.25, 0.3) is 0 Å². The molecule has 0 aromatic heterocycles. The van der Waals surface area contributed by atoms with Crippen molar-refractivity contribution in [1.82, 2.24) is 10.6 Å². The second-order valence-corrected chi connectivity index (χ2v) is 5.20. The summed E-state index contributed by atoms with van der Waals surface area (Å²) in [6.07, 6.45) is 1.65. The summed E-state index contributed by atoms with van der Waals surface area (Å²) in [4.78, 5) is 12.7. The molecule has 0 bridgehead atoms. The van der Waals surface area contributed by atoms with Gasteiger partial charge in [-0.2, -0.15) is 0 Å². The van der Waals surface area contributed by atoms with Gasteiger partial charge in [-0.15, -0.1) is 18.3 Å². The van der Waals surface area contributed by atoms with Crippen molar-refractivity contribution in [1.29, 1.82) is 0 Å². The van der Waals surface area contributed by atoms with Gasteiger partial charge in [0.15, 0.2) is 0 Å². The summed E-state index contributed by atoms with van der Waals surface area (Å²) < 4.78 is 0. The zero-order chi connectivity index (χ0) is 13.4. The fourth-order valence-corrected chi connectivity index (χ4v) is 2.18. The Kier molecular flexibility index (Phi) is 6.36. The Bertz CT molecular complexity index is 389. The molecule has 1 atom stereocenters. The number of thioether (sulfide) groups is 1. The first kappa shape index (κ1) is 14.6. The van der Waals surface area contributed by atoms with E-state index in [9.17, 15) is 4.79 Å². The fourth-order valence-electron chi connectivity index (χ4n) is 1.52. The van der Waals surface area contributed by atoms with Crippen molar-refractivity contribution in [2.75, 3.05) is 12.3 Å². The normalized spacial score (nSPS) is 11.7. The van der Waals surface area contributed by atoms with Crippen LogP contribution in [0.25, 0.3) is 0 Å². The number of rotatable bonds is 6. The fraction of sp³-hybridized carbons (Fsp3) is 0.357. The number of carbonyl (C=O) groups is 1. The maximum atomic E-state index is 11.5. The minimum absolute atomic E-state index is 0.00417. The molecular formula is C14H20N2OS. The van der Waals surface area contributed by atoms with Crippen LogP contribution in [0.5, 0.6) is 0 Å². The summed E-state index contributed by atoms with van der Waals surface area (Å²) in [6.45, 7) is 8.13. The molecule has 0 aliphatic rings. The average molecular weight is 264 g/mol. The predicted octanol–water partition coefficient (Wildman–Crippen LogP) is 3.34. The molecule has 0 saturated carbocycles. The molecule has 18 heavy (non-hydrogen) atoms. The summed E-state index contributed by atoms with van der Waals surface area (Å²) in [5.74, 6) is 1.07. The number of hydrogen-bond acceptors (Lipinski definition) is 2. The first-order chi connectivity index (χ1) is 8.67. The standard InChI is InChI=1S/C14H20N2OS/c1-4-10-15-14(17)16-11(3)12-6-8-13(9-7-12)18-5-2/h4,6-9,11H,1,5,10H2,2-3H3,(H2,15,16,17). The van der Waals surface area contributed by atoms with Crippen molar-refractivity contribution in [3.05, 3.63) is 42.5 Å². The predicted molar refractivity (Wildman–Crippen MR) is 78.0 cm³/mol. The highest BCUT2D eigenvalue weighted by atomic mass is 32.2. The van der Waals surface area contributed by atoms with Gasteiger partial charge in [-0.1, -0.05) is 25.1 Å². The number of amides is 2. The van der Waals surface area contributed by atoms with Gasteiger partial charge in [0, 0.05) is 11.4 Å². The number of urea groups is 1. The van der Waals surface area contributed by atoms with Crippen molar-refractivity contribution >= 4 is 17.8 Å². The summed E-state index contributed by atoms with van der Waals surface area (Å²) in [5.41, 5.74) is 1.10. The van der Waals surface area contributed by atoms with Gasteiger partial charge in [0.2, 0.25) is 0 Å². The molecule has 0 fully saturated rings. The van der Waals surface area contributed by atoms with Crippen molar-refractivity contribution in [2.45, 2.75) is 24.8 Å². The SMILES string of the molecule is C=CCNC(=O)NC(C)c1ccc(SCC)cc1. The van der Waals surface area contributed by atoms with Gasteiger partial charge in [0.1, 0.15) is 0 Å². The van der Waals surface area contributed by atoms with Crippen molar-refractivity contribution in [3.63, 3.8) is 0 Å². The molecule has 1 aromatic rings. The summed E-state index contributed by atoms with van der Waals surface area (Å²) in [5, 5.41) is 5.57. The van der Waals surface area contributed by atoms with Gasteiger partial charge >= 0.3 is 6.03 Å². The first-order valence-electron chi connectivity index (χ1n) is 6.05. The molecule has 98 valence electrons. The lowest BCUT2D eigenvalue weighted by atomic mass is 10.1. The van der Waals surface area contributed by atoms with Crippen molar-refractivity contribution in [2.24, 2.45) is 0 Å². The number of nitrogens with one attached hydrogen (secondary N) is 2. The number of hydrogen-bond donors (Lipinski definition) is 2. The second-order valence-electron chi connectivity index (χ2n) is 3.87. The van der Waals surface area contributed by atoms with Crippen LogP contribution < -0.4 is 10.6 Å². The van der Waals surface area contributed by atoms with Crippen molar-refractivity contribution in [3.8, 4) is 0 Å². The monoisotopic (exact) mass is 264 g/mol. The molecule has 2 N–H and O–H groups in total. The molecule has 4 heteroatoms. The van der Waals surface area contributed by atoms with Crippen LogP contribution in [-0.4, -0.2) is 18.3 Å². The van der Waals surface area contributed by atoms with E-state index in [1.165, 1.54) is 4.90 Å². The molecule has 0 saturated heterocycles. The third kappa shape index (κ3) is 4.84. The van der Waals surface area contributed by atoms with E-state index in [0.717, 1.165) is 11.3 Å². The van der Waals surface area contributed by atoms with Crippen LogP contribution in [0.1, 0.15) is 25.5 Å². The molecule has 0 radical (unpaired) electrons. The summed E-state index contributed by atoms with van der Waals surface area (Å²) >= 11 is 1.81. The van der Waals surface area contributed by atoms with Gasteiger partial charge in [0.05, 0.1) is 6.04 Å². The lowest BCUT2D eigenvalue weighted by Crippen LogP contribution is -2.37. The summed E-state index contributed by atoms with van der Waals surface area (Å²) in [6, 6.07) is 8.10.